The molecular weight excluding hydrogens is 268 g/mol. The first-order chi connectivity index (χ1) is 9.70. The van der Waals surface area contributed by atoms with Gasteiger partial charge >= 0.3 is 0 Å². The zero-order chi connectivity index (χ0) is 14.4. The molecule has 0 spiro atoms. The highest BCUT2D eigenvalue weighted by Crippen LogP contribution is 2.26. The lowest BCUT2D eigenvalue weighted by Crippen LogP contribution is -2.01. The first-order valence-corrected chi connectivity index (χ1v) is 7.55. The van der Waals surface area contributed by atoms with Gasteiger partial charge in [0.05, 0.1) is 29.8 Å². The first-order valence-electron chi connectivity index (χ1n) is 6.74. The van der Waals surface area contributed by atoms with Crippen LogP contribution in [0.25, 0.3) is 0 Å². The van der Waals surface area contributed by atoms with Crippen molar-refractivity contribution >= 4 is 11.3 Å². The van der Waals surface area contributed by atoms with Gasteiger partial charge in [-0.15, -0.1) is 11.3 Å². The van der Waals surface area contributed by atoms with Crippen molar-refractivity contribution in [3.63, 3.8) is 0 Å². The molecule has 2 aromatic rings. The van der Waals surface area contributed by atoms with Crippen molar-refractivity contribution in [2.45, 2.75) is 32.6 Å². The highest BCUT2D eigenvalue weighted by molar-refractivity contribution is 7.11. The molecule has 3 nitrogen and oxygen atoms in total. The predicted octanol–water partition coefficient (Wildman–Crippen LogP) is 3.95. The Labute approximate surface area is 123 Å². The van der Waals surface area contributed by atoms with E-state index in [1.54, 1.807) is 11.3 Å². The van der Waals surface area contributed by atoms with E-state index in [2.05, 4.69) is 24.9 Å². The maximum atomic E-state index is 8.86. The molecule has 0 amide bonds. The van der Waals surface area contributed by atoms with Crippen LogP contribution in [-0.2, 0) is 12.8 Å². The molecule has 0 saturated carbocycles. The number of thiazole rings is 1. The van der Waals surface area contributed by atoms with Crippen LogP contribution in [0, 0.1) is 11.3 Å². The van der Waals surface area contributed by atoms with Gasteiger partial charge in [-0.05, 0) is 18.1 Å². The number of nitriles is 1. The highest BCUT2D eigenvalue weighted by Gasteiger charge is 2.13. The summed E-state index contributed by atoms with van der Waals surface area (Å²) in [5.41, 5.74) is 1.06. The van der Waals surface area contributed by atoms with E-state index in [1.807, 2.05) is 30.3 Å². The van der Waals surface area contributed by atoms with E-state index < -0.39 is 0 Å². The lowest BCUT2D eigenvalue weighted by molar-refractivity contribution is 0.321. The average molecular weight is 286 g/mol. The van der Waals surface area contributed by atoms with Crippen molar-refractivity contribution in [1.82, 2.24) is 4.98 Å². The summed E-state index contributed by atoms with van der Waals surface area (Å²) in [4.78, 5) is 5.74. The molecular formula is C16H18N2OS. The van der Waals surface area contributed by atoms with Crippen LogP contribution in [0.15, 0.2) is 30.3 Å². The molecule has 0 saturated heterocycles. The molecule has 1 aromatic heterocycles. The number of hydrogen-bond donors (Lipinski definition) is 0. The molecule has 0 atom stereocenters. The van der Waals surface area contributed by atoms with E-state index in [0.29, 0.717) is 18.9 Å². The van der Waals surface area contributed by atoms with Crippen molar-refractivity contribution in [1.29, 1.82) is 5.26 Å². The molecule has 0 fully saturated rings. The van der Waals surface area contributed by atoms with Gasteiger partial charge in [-0.1, -0.05) is 32.0 Å². The maximum Gasteiger partial charge on any atom is 0.119 e. The van der Waals surface area contributed by atoms with Crippen LogP contribution in [0.1, 0.15) is 35.3 Å². The minimum absolute atomic E-state index is 0.360. The number of rotatable bonds is 6. The summed E-state index contributed by atoms with van der Waals surface area (Å²) in [6.07, 6.45) is 1.23. The van der Waals surface area contributed by atoms with Gasteiger partial charge in [0, 0.05) is 11.3 Å². The highest BCUT2D eigenvalue weighted by atomic mass is 32.1. The van der Waals surface area contributed by atoms with E-state index in [4.69, 9.17) is 10.00 Å². The normalized spacial score (nSPS) is 10.5. The van der Waals surface area contributed by atoms with Crippen molar-refractivity contribution in [2.75, 3.05) is 6.61 Å². The van der Waals surface area contributed by atoms with E-state index >= 15 is 0 Å². The smallest absolute Gasteiger partial charge is 0.119 e. The Bertz CT molecular complexity index is 584. The Balaban J connectivity index is 1.96. The number of benzene rings is 1. The number of hydrogen-bond acceptors (Lipinski definition) is 4. The molecule has 4 heteroatoms. The third kappa shape index (κ3) is 3.82. The van der Waals surface area contributed by atoms with Crippen LogP contribution in [0.3, 0.4) is 0 Å². The molecule has 0 aliphatic heterocycles. The lowest BCUT2D eigenvalue weighted by atomic mass is 10.1. The third-order valence-electron chi connectivity index (χ3n) is 2.89. The van der Waals surface area contributed by atoms with Gasteiger partial charge in [0.2, 0.25) is 0 Å². The van der Waals surface area contributed by atoms with Gasteiger partial charge in [-0.2, -0.15) is 5.26 Å². The zero-order valence-electron chi connectivity index (χ0n) is 11.8. The summed E-state index contributed by atoms with van der Waals surface area (Å²) >= 11 is 1.63. The summed E-state index contributed by atoms with van der Waals surface area (Å²) in [7, 11) is 0. The second kappa shape index (κ2) is 7.06. The second-order valence-electron chi connectivity index (χ2n) is 4.82. The van der Waals surface area contributed by atoms with Crippen LogP contribution < -0.4 is 4.74 Å². The third-order valence-corrected chi connectivity index (χ3v) is 4.02. The summed E-state index contributed by atoms with van der Waals surface area (Å²) in [6.45, 7) is 4.83. The van der Waals surface area contributed by atoms with Gasteiger partial charge in [0.1, 0.15) is 5.75 Å². The topological polar surface area (TPSA) is 45.9 Å². The predicted molar refractivity (Wildman–Crippen MR) is 81.2 cm³/mol. The minimum atomic E-state index is 0.360. The van der Waals surface area contributed by atoms with E-state index in [-0.39, 0.29) is 0 Å². The standard InChI is InChI=1S/C16H18N2OS/c1-12(2)16-14(8-10-17)20-15(18-16)9-11-19-13-6-4-3-5-7-13/h3-7,12H,8-9,11H2,1-2H3. The van der Waals surface area contributed by atoms with Crippen LogP contribution >= 0.6 is 11.3 Å². The van der Waals surface area contributed by atoms with Crippen molar-refractivity contribution in [2.24, 2.45) is 0 Å². The Kier molecular flexibility index (Phi) is 5.14. The zero-order valence-corrected chi connectivity index (χ0v) is 12.6. The largest absolute Gasteiger partial charge is 0.493 e. The van der Waals surface area contributed by atoms with Crippen LogP contribution in [-0.4, -0.2) is 11.6 Å². The molecule has 0 unspecified atom stereocenters. The molecule has 20 heavy (non-hydrogen) atoms. The van der Waals surface area contributed by atoms with Crippen molar-refractivity contribution in [3.05, 3.63) is 45.9 Å². The Morgan fingerprint density at radius 2 is 2.05 bits per heavy atom. The SMILES string of the molecule is CC(C)c1nc(CCOc2ccccc2)sc1CC#N. The van der Waals surface area contributed by atoms with E-state index in [0.717, 1.165) is 27.7 Å². The lowest BCUT2D eigenvalue weighted by Gasteiger charge is -2.03. The molecule has 0 radical (unpaired) electrons. The Morgan fingerprint density at radius 1 is 1.30 bits per heavy atom. The molecule has 0 aliphatic carbocycles. The quantitative estimate of drug-likeness (QED) is 0.807. The number of ether oxygens (including phenoxy) is 1. The molecule has 104 valence electrons. The van der Waals surface area contributed by atoms with Crippen molar-refractivity contribution < 1.29 is 4.74 Å². The fourth-order valence-electron chi connectivity index (χ4n) is 1.94. The molecule has 0 aliphatic rings. The van der Waals surface area contributed by atoms with Crippen LogP contribution in [0.4, 0.5) is 0 Å². The fraction of sp³-hybridized carbons (Fsp3) is 0.375. The monoisotopic (exact) mass is 286 g/mol. The summed E-state index contributed by atoms with van der Waals surface area (Å²) in [5.74, 6) is 1.24. The van der Waals surface area contributed by atoms with Gasteiger partial charge < -0.3 is 4.74 Å². The molecule has 0 N–H and O–H groups in total. The summed E-state index contributed by atoms with van der Waals surface area (Å²) in [6, 6.07) is 12.0. The van der Waals surface area contributed by atoms with Gasteiger partial charge in [-0.3, -0.25) is 0 Å². The van der Waals surface area contributed by atoms with E-state index in [9.17, 15) is 0 Å². The maximum absolute atomic E-state index is 8.86. The minimum Gasteiger partial charge on any atom is -0.493 e. The molecule has 0 bridgehead atoms. The first kappa shape index (κ1) is 14.5. The fourth-order valence-corrected chi connectivity index (χ4v) is 3.08. The Hall–Kier alpha value is -1.86. The van der Waals surface area contributed by atoms with Gasteiger partial charge in [0.25, 0.3) is 0 Å². The average Bonchev–Trinajstić information content (AvgIpc) is 2.84. The molecule has 1 heterocycles. The van der Waals surface area contributed by atoms with Crippen LogP contribution in [0.2, 0.25) is 0 Å². The number of nitrogens with zero attached hydrogens (tertiary/aromatic N) is 2. The summed E-state index contributed by atoms with van der Waals surface area (Å²) in [5, 5.41) is 9.91. The van der Waals surface area contributed by atoms with Crippen molar-refractivity contribution in [3.8, 4) is 11.8 Å². The Morgan fingerprint density at radius 3 is 2.70 bits per heavy atom. The summed E-state index contributed by atoms with van der Waals surface area (Å²) < 4.78 is 5.68. The van der Waals surface area contributed by atoms with Crippen LogP contribution in [0.5, 0.6) is 5.75 Å². The number of para-hydroxylation sites is 1. The second-order valence-corrected chi connectivity index (χ2v) is 5.99. The van der Waals surface area contributed by atoms with Gasteiger partial charge in [0.15, 0.2) is 0 Å². The van der Waals surface area contributed by atoms with E-state index in [1.165, 1.54) is 0 Å². The molecule has 2 rings (SSSR count). The van der Waals surface area contributed by atoms with Gasteiger partial charge in [-0.25, -0.2) is 4.98 Å². The number of aromatic nitrogens is 1. The molecule has 1 aromatic carbocycles.